The lowest BCUT2D eigenvalue weighted by Gasteiger charge is -2.06. The van der Waals surface area contributed by atoms with Crippen molar-refractivity contribution in [3.63, 3.8) is 0 Å². The van der Waals surface area contributed by atoms with Crippen molar-refractivity contribution in [3.05, 3.63) is 70.4 Å². The maximum atomic E-state index is 12.2. The van der Waals surface area contributed by atoms with Crippen molar-refractivity contribution in [3.8, 4) is 11.3 Å². The van der Waals surface area contributed by atoms with Gasteiger partial charge in [0, 0.05) is 18.2 Å². The van der Waals surface area contributed by atoms with Gasteiger partial charge in [0.2, 0.25) is 0 Å². The zero-order valence-corrected chi connectivity index (χ0v) is 14.3. The number of hydrogen-bond acceptors (Lipinski definition) is 5. The van der Waals surface area contributed by atoms with Crippen LogP contribution in [0, 0.1) is 0 Å². The van der Waals surface area contributed by atoms with Crippen LogP contribution in [0.1, 0.15) is 5.56 Å². The Balaban J connectivity index is 1.74. The maximum absolute atomic E-state index is 12.2. The van der Waals surface area contributed by atoms with Crippen molar-refractivity contribution < 1.29 is 9.25 Å². The van der Waals surface area contributed by atoms with Crippen molar-refractivity contribution in [2.45, 2.75) is 0 Å². The molecule has 0 amide bonds. The van der Waals surface area contributed by atoms with E-state index in [2.05, 4.69) is 5.16 Å². The van der Waals surface area contributed by atoms with Crippen molar-refractivity contribution in [2.24, 2.45) is 5.16 Å². The maximum Gasteiger partial charge on any atom is 0.193 e. The highest BCUT2D eigenvalue weighted by Crippen LogP contribution is 2.22. The molecule has 0 bridgehead atoms. The Morgan fingerprint density at radius 2 is 1.88 bits per heavy atom. The minimum Gasteiger partial charge on any atom is -0.456 e. The van der Waals surface area contributed by atoms with E-state index in [-0.39, 0.29) is 5.43 Å². The van der Waals surface area contributed by atoms with Gasteiger partial charge in [0.1, 0.15) is 18.0 Å². The van der Waals surface area contributed by atoms with Gasteiger partial charge in [0.15, 0.2) is 5.43 Å². The van der Waals surface area contributed by atoms with Gasteiger partial charge in [-0.25, -0.2) is 0 Å². The Labute approximate surface area is 146 Å². The van der Waals surface area contributed by atoms with Crippen LogP contribution >= 0.6 is 0 Å². The number of likely N-dealkylation sites (N-methyl/N-ethyl adjacent to an activating group) is 1. The highest BCUT2D eigenvalue weighted by Gasteiger charge is 2.06. The average molecular weight is 336 g/mol. The Bertz CT molecular complexity index is 928. The van der Waals surface area contributed by atoms with E-state index in [4.69, 9.17) is 9.25 Å². The summed E-state index contributed by atoms with van der Waals surface area (Å²) < 4.78 is 5.84. The molecule has 2 aromatic carbocycles. The van der Waals surface area contributed by atoms with E-state index < -0.39 is 0 Å². The van der Waals surface area contributed by atoms with Crippen LogP contribution in [0.3, 0.4) is 0 Å². The number of fused-ring (bicyclic) bond motifs is 1. The summed E-state index contributed by atoms with van der Waals surface area (Å²) in [5.41, 5.74) is 2.30. The highest BCUT2D eigenvalue weighted by atomic mass is 16.6. The molecule has 0 saturated heterocycles. The lowest BCUT2D eigenvalue weighted by molar-refractivity contribution is 0.127. The van der Waals surface area contributed by atoms with Crippen molar-refractivity contribution >= 4 is 17.2 Å². The van der Waals surface area contributed by atoms with E-state index >= 15 is 0 Å². The van der Waals surface area contributed by atoms with E-state index in [1.165, 1.54) is 6.07 Å². The van der Waals surface area contributed by atoms with Gasteiger partial charge in [0.05, 0.1) is 11.6 Å². The predicted octanol–water partition coefficient (Wildman–Crippen LogP) is 3.37. The van der Waals surface area contributed by atoms with E-state index in [9.17, 15) is 4.79 Å². The van der Waals surface area contributed by atoms with Crippen molar-refractivity contribution in [1.29, 1.82) is 0 Å². The minimum atomic E-state index is -0.0446. The quantitative estimate of drug-likeness (QED) is 0.393. The van der Waals surface area contributed by atoms with Crippen molar-refractivity contribution in [2.75, 3.05) is 27.2 Å². The van der Waals surface area contributed by atoms with Crippen LogP contribution in [0.2, 0.25) is 0 Å². The molecule has 0 radical (unpaired) electrons. The highest BCUT2D eigenvalue weighted by molar-refractivity contribution is 5.81. The summed E-state index contributed by atoms with van der Waals surface area (Å²) in [6.07, 6.45) is 1.66. The summed E-state index contributed by atoms with van der Waals surface area (Å²) >= 11 is 0. The van der Waals surface area contributed by atoms with Gasteiger partial charge in [-0.15, -0.1) is 0 Å². The number of rotatable bonds is 6. The first kappa shape index (κ1) is 16.9. The summed E-state index contributed by atoms with van der Waals surface area (Å²) in [5.74, 6) is 0.550. The second kappa shape index (κ2) is 7.77. The molecule has 0 unspecified atom stereocenters. The number of benzene rings is 2. The Morgan fingerprint density at radius 3 is 2.64 bits per heavy atom. The zero-order chi connectivity index (χ0) is 17.6. The second-order valence-electron chi connectivity index (χ2n) is 5.96. The van der Waals surface area contributed by atoms with Gasteiger partial charge < -0.3 is 14.2 Å². The van der Waals surface area contributed by atoms with Gasteiger partial charge in [-0.1, -0.05) is 41.6 Å². The molecule has 1 aromatic heterocycles. The van der Waals surface area contributed by atoms with Gasteiger partial charge in [-0.05, 0) is 31.8 Å². The summed E-state index contributed by atoms with van der Waals surface area (Å²) in [6, 6.07) is 16.4. The van der Waals surface area contributed by atoms with E-state index in [1.807, 2.05) is 55.4 Å². The molecular formula is C20H20N2O3. The number of para-hydroxylation sites is 1. The van der Waals surface area contributed by atoms with E-state index in [0.717, 1.165) is 17.7 Å². The van der Waals surface area contributed by atoms with Gasteiger partial charge >= 0.3 is 0 Å². The molecule has 0 fully saturated rings. The summed E-state index contributed by atoms with van der Waals surface area (Å²) in [7, 11) is 3.97. The second-order valence-corrected chi connectivity index (χ2v) is 5.96. The molecule has 0 aliphatic rings. The molecule has 1 heterocycles. The normalized spacial score (nSPS) is 11.5. The molecule has 5 heteroatoms. The fourth-order valence-electron chi connectivity index (χ4n) is 2.35. The largest absolute Gasteiger partial charge is 0.456 e. The number of hydrogen-bond donors (Lipinski definition) is 0. The summed E-state index contributed by atoms with van der Waals surface area (Å²) in [5, 5.41) is 4.53. The molecule has 3 rings (SSSR count). The topological polar surface area (TPSA) is 55.0 Å². The van der Waals surface area contributed by atoms with Crippen molar-refractivity contribution in [1.82, 2.24) is 4.90 Å². The zero-order valence-electron chi connectivity index (χ0n) is 14.3. The van der Waals surface area contributed by atoms with E-state index in [1.54, 1.807) is 18.3 Å². The summed E-state index contributed by atoms with van der Waals surface area (Å²) in [6.45, 7) is 1.36. The van der Waals surface area contributed by atoms with Gasteiger partial charge in [-0.3, -0.25) is 4.79 Å². The third-order valence-corrected chi connectivity index (χ3v) is 3.74. The van der Waals surface area contributed by atoms with Crippen LogP contribution < -0.4 is 5.43 Å². The molecule has 0 aliphatic heterocycles. The van der Waals surface area contributed by atoms with E-state index in [0.29, 0.717) is 23.3 Å². The molecular weight excluding hydrogens is 316 g/mol. The molecule has 5 nitrogen and oxygen atoms in total. The molecule has 0 saturated carbocycles. The molecule has 0 aliphatic carbocycles. The first-order valence-corrected chi connectivity index (χ1v) is 8.07. The Morgan fingerprint density at radius 1 is 1.12 bits per heavy atom. The monoisotopic (exact) mass is 336 g/mol. The lowest BCUT2D eigenvalue weighted by atomic mass is 10.1. The Hall–Kier alpha value is -2.92. The molecule has 3 aromatic rings. The third-order valence-electron chi connectivity index (χ3n) is 3.74. The number of nitrogens with zero attached hydrogens (tertiary/aromatic N) is 2. The van der Waals surface area contributed by atoms with Crippen LogP contribution in [0.4, 0.5) is 0 Å². The first-order valence-electron chi connectivity index (χ1n) is 8.07. The molecule has 0 atom stereocenters. The predicted molar refractivity (Wildman–Crippen MR) is 100 cm³/mol. The van der Waals surface area contributed by atoms with Crippen LogP contribution in [-0.2, 0) is 4.84 Å². The van der Waals surface area contributed by atoms with Gasteiger partial charge in [0.25, 0.3) is 0 Å². The molecule has 0 spiro atoms. The SMILES string of the molecule is CN(C)CCO/N=C/c1ccc(-c2cc(=O)c3ccccc3o2)cc1. The smallest absolute Gasteiger partial charge is 0.193 e. The summed E-state index contributed by atoms with van der Waals surface area (Å²) in [4.78, 5) is 19.4. The van der Waals surface area contributed by atoms with Crippen LogP contribution in [-0.4, -0.2) is 38.4 Å². The Kier molecular flexibility index (Phi) is 5.26. The lowest BCUT2D eigenvalue weighted by Crippen LogP contribution is -2.16. The average Bonchev–Trinajstić information content (AvgIpc) is 2.62. The minimum absolute atomic E-state index is 0.0446. The fraction of sp³-hybridized carbons (Fsp3) is 0.200. The standard InChI is InChI=1S/C20H20N2O3/c1-22(2)11-12-24-21-14-15-7-9-16(10-8-15)20-13-18(23)17-5-3-4-6-19(17)25-20/h3-10,13-14H,11-12H2,1-2H3/b21-14+. The van der Waals surface area contributed by atoms with Crippen LogP contribution in [0.5, 0.6) is 0 Å². The van der Waals surface area contributed by atoms with Gasteiger partial charge in [-0.2, -0.15) is 0 Å². The van der Waals surface area contributed by atoms with Crippen LogP contribution in [0.25, 0.3) is 22.3 Å². The number of oxime groups is 1. The first-order chi connectivity index (χ1) is 12.1. The third kappa shape index (κ3) is 4.33. The van der Waals surface area contributed by atoms with Crippen LogP contribution in [0.15, 0.2) is 69.0 Å². The molecule has 25 heavy (non-hydrogen) atoms. The fourth-order valence-corrected chi connectivity index (χ4v) is 2.35. The molecule has 0 N–H and O–H groups in total. The molecule has 128 valence electrons.